The van der Waals surface area contributed by atoms with Crippen molar-refractivity contribution in [2.75, 3.05) is 6.61 Å². The number of rotatable bonds is 2. The molecule has 0 aliphatic rings. The van der Waals surface area contributed by atoms with Crippen LogP contribution in [-0.2, 0) is 6.30 Å². The van der Waals surface area contributed by atoms with Crippen molar-refractivity contribution < 1.29 is 17.9 Å². The van der Waals surface area contributed by atoms with Crippen LogP contribution in [0.5, 0.6) is 5.88 Å². The molecule has 0 spiro atoms. The molecular weight excluding hydrogens is 197 g/mol. The minimum Gasteiger partial charge on any atom is -0.464 e. The molecule has 0 saturated carbocycles. The molecule has 0 unspecified atom stereocenters. The molecule has 0 saturated heterocycles. The Kier molecular flexibility index (Phi) is 2.70. The summed E-state index contributed by atoms with van der Waals surface area (Å²) in [5, 5.41) is 3.14. The Morgan fingerprint density at radius 1 is 1.64 bits per heavy atom. The number of halogens is 3. The lowest BCUT2D eigenvalue weighted by Gasteiger charge is -2.10. The van der Waals surface area contributed by atoms with Gasteiger partial charge in [0.15, 0.2) is 6.61 Å². The molecule has 0 amide bonds. The summed E-state index contributed by atoms with van der Waals surface area (Å²) in [5.41, 5.74) is 0.289. The monoisotopic (exact) mass is 204 g/mol. The minimum atomic E-state index is -4.59. The third-order valence-electron chi connectivity index (χ3n) is 1.43. The molecule has 1 rings (SSSR count). The summed E-state index contributed by atoms with van der Waals surface area (Å²) in [7, 11) is 0. The van der Waals surface area contributed by atoms with Gasteiger partial charge in [-0.25, -0.2) is 0 Å². The van der Waals surface area contributed by atoms with E-state index in [-0.39, 0.29) is 22.7 Å². The van der Waals surface area contributed by atoms with E-state index >= 15 is 0 Å². The number of aromatic nitrogens is 2. The number of hydrogen-bond acceptors (Lipinski definition) is 2. The van der Waals surface area contributed by atoms with Crippen LogP contribution in [0, 0.1) is 19.3 Å². The van der Waals surface area contributed by atoms with Gasteiger partial charge in [0.2, 0.25) is 5.88 Å². The highest BCUT2D eigenvalue weighted by Crippen LogP contribution is 2.29. The van der Waals surface area contributed by atoms with Crippen LogP contribution in [0.4, 0.5) is 13.2 Å². The van der Waals surface area contributed by atoms with Crippen molar-refractivity contribution in [3.05, 3.63) is 11.8 Å². The second-order valence-corrected chi connectivity index (χ2v) is 2.51. The largest absolute Gasteiger partial charge is 0.507 e. The topological polar surface area (TPSA) is 27.1 Å². The molecule has 1 aromatic heterocycles. The fourth-order valence-corrected chi connectivity index (χ4v) is 0.885. The first-order chi connectivity index (χ1) is 6.46. The van der Waals surface area contributed by atoms with Crippen LogP contribution in [0.2, 0.25) is 0 Å². The van der Waals surface area contributed by atoms with Crippen molar-refractivity contribution in [1.29, 1.82) is 0 Å². The minimum absolute atomic E-state index is 0.153. The molecule has 3 nitrogen and oxygen atoms in total. The fraction of sp³-hybridized carbons (Fsp3) is 0.375. The lowest BCUT2D eigenvalue weighted by molar-refractivity contribution is -0.215. The van der Waals surface area contributed by atoms with E-state index in [1.165, 1.54) is 6.92 Å². The molecule has 1 heterocycles. The van der Waals surface area contributed by atoms with E-state index in [1.807, 2.05) is 0 Å². The van der Waals surface area contributed by atoms with Crippen molar-refractivity contribution in [3.63, 3.8) is 0 Å². The summed E-state index contributed by atoms with van der Waals surface area (Å²) in [4.78, 5) is 0. The highest BCUT2D eigenvalue weighted by molar-refractivity contribution is 5.23. The summed E-state index contributed by atoms with van der Waals surface area (Å²) < 4.78 is 41.3. The van der Waals surface area contributed by atoms with Gasteiger partial charge in [0.25, 0.3) is 0 Å². The van der Waals surface area contributed by atoms with Gasteiger partial charge in [0.1, 0.15) is 0 Å². The highest BCUT2D eigenvalue weighted by Gasteiger charge is 2.35. The Balaban J connectivity index is 3.02. The Morgan fingerprint density at radius 3 is 2.79 bits per heavy atom. The molecule has 1 aromatic rings. The molecule has 0 fully saturated rings. The maximum atomic E-state index is 12.3. The summed E-state index contributed by atoms with van der Waals surface area (Å²) in [6.07, 6.45) is 1.35. The third-order valence-corrected chi connectivity index (χ3v) is 1.43. The molecule has 6 heteroatoms. The van der Waals surface area contributed by atoms with Gasteiger partial charge in [0, 0.05) is 5.56 Å². The van der Waals surface area contributed by atoms with Crippen LogP contribution in [-0.4, -0.2) is 16.4 Å². The second-order valence-electron chi connectivity index (χ2n) is 2.51. The maximum Gasteiger partial charge on any atom is 0.507 e. The molecule has 0 radical (unpaired) electrons. The van der Waals surface area contributed by atoms with Crippen molar-refractivity contribution in [3.8, 4) is 18.2 Å². The predicted molar refractivity (Wildman–Crippen MR) is 42.6 cm³/mol. The number of hydrogen-bond donors (Lipinski definition) is 0. The summed E-state index contributed by atoms with van der Waals surface area (Å²) in [6, 6.07) is 0. The van der Waals surface area contributed by atoms with E-state index in [2.05, 4.69) is 11.0 Å². The predicted octanol–water partition coefficient (Wildman–Crippen LogP) is 1.68. The Hall–Kier alpha value is -1.64. The van der Waals surface area contributed by atoms with E-state index < -0.39 is 6.30 Å². The third kappa shape index (κ3) is 1.99. The zero-order chi connectivity index (χ0) is 10.8. The first kappa shape index (κ1) is 10.4. The average molecular weight is 204 g/mol. The smallest absolute Gasteiger partial charge is 0.464 e. The molecule has 0 aliphatic heterocycles. The first-order valence-electron chi connectivity index (χ1n) is 3.65. The van der Waals surface area contributed by atoms with E-state index in [0.29, 0.717) is 0 Å². The van der Waals surface area contributed by atoms with E-state index in [9.17, 15) is 13.2 Å². The van der Waals surface area contributed by atoms with Crippen molar-refractivity contribution >= 4 is 0 Å². The number of nitrogens with zero attached hydrogens (tertiary/aromatic N) is 2. The molecule has 0 N–H and O–H groups in total. The Labute approximate surface area is 78.5 Å². The normalized spacial score (nSPS) is 11.1. The fourth-order valence-electron chi connectivity index (χ4n) is 0.885. The van der Waals surface area contributed by atoms with Gasteiger partial charge in [-0.3, -0.25) is 0 Å². The number of alkyl halides is 3. The van der Waals surface area contributed by atoms with Crippen LogP contribution in [0.15, 0.2) is 6.20 Å². The lowest BCUT2D eigenvalue weighted by Crippen LogP contribution is -2.19. The Morgan fingerprint density at radius 2 is 2.29 bits per heavy atom. The quantitative estimate of drug-likeness (QED) is 0.685. The van der Waals surface area contributed by atoms with Crippen molar-refractivity contribution in [2.45, 2.75) is 13.2 Å². The summed E-state index contributed by atoms with van der Waals surface area (Å²) >= 11 is 0. The number of ether oxygens (including phenoxy) is 1. The molecule has 0 bridgehead atoms. The van der Waals surface area contributed by atoms with Gasteiger partial charge in [-0.2, -0.15) is 5.10 Å². The van der Waals surface area contributed by atoms with Gasteiger partial charge in [-0.1, -0.05) is 5.92 Å². The van der Waals surface area contributed by atoms with Crippen LogP contribution in [0.25, 0.3) is 0 Å². The average Bonchev–Trinajstić information content (AvgIpc) is 2.42. The van der Waals surface area contributed by atoms with Crippen LogP contribution in [0.3, 0.4) is 0 Å². The van der Waals surface area contributed by atoms with Gasteiger partial charge in [-0.05, 0) is 6.92 Å². The van der Waals surface area contributed by atoms with E-state index in [1.54, 1.807) is 0 Å². The molecule has 0 aliphatic carbocycles. The maximum absolute atomic E-state index is 12.3. The van der Waals surface area contributed by atoms with Gasteiger partial charge in [0.05, 0.1) is 6.20 Å². The molecular formula is C8H7F3N2O. The zero-order valence-corrected chi connectivity index (χ0v) is 7.30. The number of terminal acetylenes is 1. The van der Waals surface area contributed by atoms with Gasteiger partial charge >= 0.3 is 6.30 Å². The molecule has 0 atom stereocenters. The zero-order valence-electron chi connectivity index (χ0n) is 7.30. The molecule has 0 aromatic carbocycles. The molecule has 76 valence electrons. The lowest BCUT2D eigenvalue weighted by atomic mass is 10.4. The number of aryl methyl sites for hydroxylation is 1. The second kappa shape index (κ2) is 3.62. The Bertz CT molecular complexity index is 362. The first-order valence-corrected chi connectivity index (χ1v) is 3.65. The SMILES string of the molecule is C#CCOc1c(C)cnn1C(F)(F)F. The van der Waals surface area contributed by atoms with Crippen LogP contribution >= 0.6 is 0 Å². The van der Waals surface area contributed by atoms with Gasteiger partial charge in [-0.15, -0.1) is 24.3 Å². The van der Waals surface area contributed by atoms with E-state index in [4.69, 9.17) is 11.2 Å². The van der Waals surface area contributed by atoms with Crippen molar-refractivity contribution in [2.24, 2.45) is 0 Å². The van der Waals surface area contributed by atoms with Crippen LogP contribution in [0.1, 0.15) is 5.56 Å². The standard InChI is InChI=1S/C8H7F3N2O/c1-3-4-14-7-6(2)5-12-13(7)8(9,10)11/h1,5H,4H2,2H3. The van der Waals surface area contributed by atoms with Crippen molar-refractivity contribution in [1.82, 2.24) is 9.78 Å². The highest BCUT2D eigenvalue weighted by atomic mass is 19.4. The van der Waals surface area contributed by atoms with E-state index in [0.717, 1.165) is 6.20 Å². The van der Waals surface area contributed by atoms with Crippen LogP contribution < -0.4 is 4.74 Å². The van der Waals surface area contributed by atoms with Gasteiger partial charge < -0.3 is 4.74 Å². The summed E-state index contributed by atoms with van der Waals surface area (Å²) in [5.74, 6) is 1.72. The molecule has 14 heavy (non-hydrogen) atoms. The summed E-state index contributed by atoms with van der Waals surface area (Å²) in [6.45, 7) is 1.24.